The zero-order valence-electron chi connectivity index (χ0n) is 10.3. The summed E-state index contributed by atoms with van der Waals surface area (Å²) in [5.41, 5.74) is 7.27. The highest BCUT2D eigenvalue weighted by Crippen LogP contribution is 2.34. The molecule has 1 aliphatic rings. The van der Waals surface area contributed by atoms with E-state index in [1.54, 1.807) is 0 Å². The molecule has 1 atom stereocenters. The van der Waals surface area contributed by atoms with Crippen LogP contribution in [0, 0.1) is 12.3 Å². The zero-order chi connectivity index (χ0) is 12.3. The second kappa shape index (κ2) is 5.50. The summed E-state index contributed by atoms with van der Waals surface area (Å²) in [5, 5.41) is 0. The molecule has 1 aromatic rings. The molecule has 0 aliphatic carbocycles. The van der Waals surface area contributed by atoms with Crippen molar-refractivity contribution in [1.82, 2.24) is 9.55 Å². The average molecular weight is 249 g/mol. The number of hydrogen-bond acceptors (Lipinski definition) is 3. The van der Waals surface area contributed by atoms with Crippen molar-refractivity contribution in [2.75, 3.05) is 17.2 Å². The molecule has 0 aromatic carbocycles. The van der Waals surface area contributed by atoms with E-state index in [1.807, 2.05) is 16.3 Å². The fourth-order valence-corrected chi connectivity index (χ4v) is 3.47. The Morgan fingerprint density at radius 3 is 3.06 bits per heavy atom. The van der Waals surface area contributed by atoms with Gasteiger partial charge in [-0.15, -0.1) is 6.42 Å². The Kier molecular flexibility index (Phi) is 4.01. The highest BCUT2D eigenvalue weighted by atomic mass is 32.2. The molecule has 0 radical (unpaired) electrons. The van der Waals surface area contributed by atoms with E-state index in [1.165, 1.54) is 18.6 Å². The molecule has 0 amide bonds. The average Bonchev–Trinajstić information content (AvgIpc) is 2.69. The largest absolute Gasteiger partial charge is 0.384 e. The van der Waals surface area contributed by atoms with Crippen LogP contribution in [0.15, 0.2) is 0 Å². The molecule has 17 heavy (non-hydrogen) atoms. The van der Waals surface area contributed by atoms with E-state index < -0.39 is 0 Å². The summed E-state index contributed by atoms with van der Waals surface area (Å²) in [7, 11) is 0. The molecule has 0 spiro atoms. The monoisotopic (exact) mass is 249 g/mol. The molecule has 1 fully saturated rings. The van der Waals surface area contributed by atoms with Crippen LogP contribution in [-0.4, -0.2) is 21.1 Å². The van der Waals surface area contributed by atoms with Crippen molar-refractivity contribution in [2.45, 2.75) is 38.6 Å². The number of thioether (sulfide) groups is 1. The minimum absolute atomic E-state index is 0.512. The molecule has 0 saturated carbocycles. The third-order valence-electron chi connectivity index (χ3n) is 3.23. The topological polar surface area (TPSA) is 43.8 Å². The molecule has 92 valence electrons. The van der Waals surface area contributed by atoms with Gasteiger partial charge in [-0.3, -0.25) is 0 Å². The number of terminal acetylenes is 1. The van der Waals surface area contributed by atoms with Crippen molar-refractivity contribution in [2.24, 2.45) is 0 Å². The lowest BCUT2D eigenvalue weighted by Crippen LogP contribution is -2.12. The number of hydrogen-bond donors (Lipinski definition) is 1. The fraction of sp³-hybridized carbons (Fsp3) is 0.615. The van der Waals surface area contributed by atoms with E-state index in [-0.39, 0.29) is 0 Å². The molecular weight excluding hydrogens is 230 g/mol. The van der Waals surface area contributed by atoms with Crippen molar-refractivity contribution >= 4 is 17.6 Å². The first-order chi connectivity index (χ1) is 8.27. The zero-order valence-corrected chi connectivity index (χ0v) is 11.1. The van der Waals surface area contributed by atoms with Gasteiger partial charge in [0.2, 0.25) is 0 Å². The van der Waals surface area contributed by atoms with Crippen LogP contribution >= 0.6 is 11.8 Å². The van der Waals surface area contributed by atoms with Gasteiger partial charge in [-0.1, -0.05) is 12.8 Å². The van der Waals surface area contributed by atoms with Gasteiger partial charge in [-0.2, -0.15) is 11.8 Å². The Morgan fingerprint density at radius 1 is 1.65 bits per heavy atom. The highest BCUT2D eigenvalue weighted by Gasteiger charge is 2.23. The van der Waals surface area contributed by atoms with Gasteiger partial charge in [-0.25, -0.2) is 4.98 Å². The van der Waals surface area contributed by atoms with Gasteiger partial charge in [0.15, 0.2) is 0 Å². The minimum atomic E-state index is 0.512. The quantitative estimate of drug-likeness (QED) is 0.836. The van der Waals surface area contributed by atoms with Gasteiger partial charge in [0, 0.05) is 18.1 Å². The van der Waals surface area contributed by atoms with E-state index >= 15 is 0 Å². The third-order valence-corrected chi connectivity index (χ3v) is 4.44. The maximum atomic E-state index is 6.19. The Balaban J connectivity index is 2.31. The van der Waals surface area contributed by atoms with E-state index in [9.17, 15) is 0 Å². The van der Waals surface area contributed by atoms with E-state index in [0.717, 1.165) is 29.5 Å². The third kappa shape index (κ3) is 2.44. The first kappa shape index (κ1) is 12.4. The van der Waals surface area contributed by atoms with Gasteiger partial charge in [0.1, 0.15) is 11.6 Å². The summed E-state index contributed by atoms with van der Waals surface area (Å²) in [6.07, 6.45) is 8.73. The van der Waals surface area contributed by atoms with Crippen LogP contribution in [-0.2, 0) is 13.0 Å². The molecule has 1 aliphatic heterocycles. The number of nitrogens with zero attached hydrogens (tertiary/aromatic N) is 2. The molecule has 0 bridgehead atoms. The van der Waals surface area contributed by atoms with Crippen LogP contribution in [0.25, 0.3) is 0 Å². The lowest BCUT2D eigenvalue weighted by Gasteiger charge is -2.20. The molecule has 2 N–H and O–H groups in total. The molecular formula is C13H19N3S. The predicted octanol–water partition coefficient (Wildman–Crippen LogP) is 2.27. The number of nitrogen functional groups attached to an aromatic ring is 1. The summed E-state index contributed by atoms with van der Waals surface area (Å²) >= 11 is 2.00. The van der Waals surface area contributed by atoms with Gasteiger partial charge in [0.05, 0.1) is 12.2 Å². The van der Waals surface area contributed by atoms with E-state index in [2.05, 4.69) is 12.8 Å². The van der Waals surface area contributed by atoms with Crippen LogP contribution in [0.4, 0.5) is 5.82 Å². The maximum Gasteiger partial charge on any atom is 0.127 e. The fourth-order valence-electron chi connectivity index (χ4n) is 2.33. The molecule has 1 unspecified atom stereocenters. The Bertz CT molecular complexity index is 425. The number of anilines is 1. The number of imidazole rings is 1. The minimum Gasteiger partial charge on any atom is -0.384 e. The summed E-state index contributed by atoms with van der Waals surface area (Å²) in [6.45, 7) is 2.62. The summed E-state index contributed by atoms with van der Waals surface area (Å²) in [6, 6.07) is 0. The van der Waals surface area contributed by atoms with Crippen LogP contribution in [0.3, 0.4) is 0 Å². The highest BCUT2D eigenvalue weighted by molar-refractivity contribution is 7.99. The number of rotatable bonds is 3. The first-order valence-corrected chi connectivity index (χ1v) is 7.29. The molecule has 4 heteroatoms. The van der Waals surface area contributed by atoms with Crippen LogP contribution < -0.4 is 5.73 Å². The van der Waals surface area contributed by atoms with Crippen LogP contribution in [0.2, 0.25) is 0 Å². The Labute approximate surface area is 107 Å². The molecule has 3 nitrogen and oxygen atoms in total. The number of nitrogens with two attached hydrogens (primary N) is 1. The SMILES string of the molecule is C#CCn1c(CC)nc(C2CCCSC2)c1N. The van der Waals surface area contributed by atoms with E-state index in [0.29, 0.717) is 12.5 Å². The van der Waals surface area contributed by atoms with Crippen molar-refractivity contribution in [3.8, 4) is 12.3 Å². The van der Waals surface area contributed by atoms with Crippen molar-refractivity contribution < 1.29 is 0 Å². The van der Waals surface area contributed by atoms with Crippen molar-refractivity contribution in [3.63, 3.8) is 0 Å². The van der Waals surface area contributed by atoms with Crippen LogP contribution in [0.1, 0.15) is 37.2 Å². The normalized spacial score (nSPS) is 20.1. The number of aryl methyl sites for hydroxylation is 1. The molecule has 2 rings (SSSR count). The molecule has 1 aromatic heterocycles. The second-order valence-electron chi connectivity index (χ2n) is 4.36. The van der Waals surface area contributed by atoms with E-state index in [4.69, 9.17) is 17.1 Å². The van der Waals surface area contributed by atoms with Gasteiger partial charge >= 0.3 is 0 Å². The lowest BCUT2D eigenvalue weighted by molar-refractivity contribution is 0.646. The van der Waals surface area contributed by atoms with Gasteiger partial charge in [0.25, 0.3) is 0 Å². The summed E-state index contributed by atoms with van der Waals surface area (Å²) in [4.78, 5) is 4.70. The summed E-state index contributed by atoms with van der Waals surface area (Å²) in [5.74, 6) is 7.37. The van der Waals surface area contributed by atoms with Gasteiger partial charge in [-0.05, 0) is 18.6 Å². The predicted molar refractivity (Wildman–Crippen MR) is 74.2 cm³/mol. The molecule has 1 saturated heterocycles. The van der Waals surface area contributed by atoms with Crippen LogP contribution in [0.5, 0.6) is 0 Å². The lowest BCUT2D eigenvalue weighted by atomic mass is 10.0. The Morgan fingerprint density at radius 2 is 2.47 bits per heavy atom. The first-order valence-electron chi connectivity index (χ1n) is 6.13. The molecule has 2 heterocycles. The maximum absolute atomic E-state index is 6.19. The smallest absolute Gasteiger partial charge is 0.127 e. The Hall–Kier alpha value is -1.08. The van der Waals surface area contributed by atoms with Crippen molar-refractivity contribution in [1.29, 1.82) is 0 Å². The standard InChI is InChI=1S/C13H19N3S/c1-3-7-16-11(4-2)15-12(13(16)14)10-6-5-8-17-9-10/h1,10H,4-9,14H2,2H3. The van der Waals surface area contributed by atoms with Gasteiger partial charge < -0.3 is 10.3 Å². The van der Waals surface area contributed by atoms with Crippen molar-refractivity contribution in [3.05, 3.63) is 11.5 Å². The number of aromatic nitrogens is 2. The summed E-state index contributed by atoms with van der Waals surface area (Å²) < 4.78 is 1.98. The second-order valence-corrected chi connectivity index (χ2v) is 5.51.